The lowest BCUT2D eigenvalue weighted by molar-refractivity contribution is -0.146. The second-order valence-corrected chi connectivity index (χ2v) is 11.0. The number of nitrogens with one attached hydrogen (secondary N) is 1. The molecule has 1 atom stereocenters. The SMILES string of the molecule is CCCCOC(=O)C(CC(C)C)NC(=O)c1ccccc1C(=O)N(C1CCCCC1)C1CCCCC1. The van der Waals surface area contributed by atoms with Crippen molar-refractivity contribution < 1.29 is 19.1 Å². The molecule has 1 unspecified atom stereocenters. The Labute approximate surface area is 217 Å². The molecular formula is C30H46N2O4. The highest BCUT2D eigenvalue weighted by Crippen LogP contribution is 2.32. The van der Waals surface area contributed by atoms with Gasteiger partial charge in [-0.05, 0) is 56.6 Å². The van der Waals surface area contributed by atoms with Crippen LogP contribution < -0.4 is 5.32 Å². The zero-order chi connectivity index (χ0) is 25.9. The van der Waals surface area contributed by atoms with E-state index in [1.54, 1.807) is 18.2 Å². The third-order valence-electron chi connectivity index (χ3n) is 7.61. The van der Waals surface area contributed by atoms with E-state index in [1.165, 1.54) is 12.8 Å². The summed E-state index contributed by atoms with van der Waals surface area (Å²) in [6, 6.07) is 6.85. The van der Waals surface area contributed by atoms with E-state index in [-0.39, 0.29) is 29.8 Å². The quantitative estimate of drug-likeness (QED) is 0.288. The molecule has 1 aromatic carbocycles. The van der Waals surface area contributed by atoms with Gasteiger partial charge in [-0.25, -0.2) is 4.79 Å². The molecule has 3 rings (SSSR count). The lowest BCUT2D eigenvalue weighted by atomic mass is 9.87. The molecule has 0 radical (unpaired) electrons. The number of carbonyl (C=O) groups is 3. The summed E-state index contributed by atoms with van der Waals surface area (Å²) in [4.78, 5) is 42.5. The van der Waals surface area contributed by atoms with Crippen LogP contribution >= 0.6 is 0 Å². The molecule has 2 fully saturated rings. The summed E-state index contributed by atoms with van der Waals surface area (Å²) in [7, 11) is 0. The topological polar surface area (TPSA) is 75.7 Å². The van der Waals surface area contributed by atoms with Crippen molar-refractivity contribution in [2.75, 3.05) is 6.61 Å². The summed E-state index contributed by atoms with van der Waals surface area (Å²) in [6.45, 7) is 6.43. The minimum Gasteiger partial charge on any atom is -0.464 e. The van der Waals surface area contributed by atoms with Gasteiger partial charge in [-0.1, -0.05) is 77.8 Å². The Balaban J connectivity index is 1.83. The Kier molecular flexibility index (Phi) is 11.3. The highest BCUT2D eigenvalue weighted by atomic mass is 16.5. The highest BCUT2D eigenvalue weighted by molar-refractivity contribution is 6.08. The largest absolute Gasteiger partial charge is 0.464 e. The van der Waals surface area contributed by atoms with Crippen LogP contribution in [0.4, 0.5) is 0 Å². The van der Waals surface area contributed by atoms with Crippen molar-refractivity contribution >= 4 is 17.8 Å². The highest BCUT2D eigenvalue weighted by Gasteiger charge is 2.35. The first kappa shape index (κ1) is 28.2. The van der Waals surface area contributed by atoms with Crippen LogP contribution in [0, 0.1) is 5.92 Å². The first-order valence-corrected chi connectivity index (χ1v) is 14.3. The monoisotopic (exact) mass is 498 g/mol. The van der Waals surface area contributed by atoms with Gasteiger partial charge in [0.05, 0.1) is 17.7 Å². The number of rotatable bonds is 11. The third kappa shape index (κ3) is 7.81. The lowest BCUT2D eigenvalue weighted by Crippen LogP contribution is -2.49. The van der Waals surface area contributed by atoms with E-state index in [1.807, 2.05) is 26.8 Å². The number of unbranched alkanes of at least 4 members (excludes halogenated alkanes) is 1. The molecule has 0 aliphatic heterocycles. The second kappa shape index (κ2) is 14.4. The normalized spacial score (nSPS) is 18.0. The third-order valence-corrected chi connectivity index (χ3v) is 7.61. The minimum absolute atomic E-state index is 0.0366. The molecule has 0 bridgehead atoms. The summed E-state index contributed by atoms with van der Waals surface area (Å²) < 4.78 is 5.43. The van der Waals surface area contributed by atoms with Crippen LogP contribution in [0.5, 0.6) is 0 Å². The summed E-state index contributed by atoms with van der Waals surface area (Å²) in [5, 5.41) is 2.90. The Bertz CT molecular complexity index is 838. The van der Waals surface area contributed by atoms with Gasteiger partial charge in [-0.2, -0.15) is 0 Å². The zero-order valence-corrected chi connectivity index (χ0v) is 22.6. The molecule has 200 valence electrons. The van der Waals surface area contributed by atoms with E-state index in [2.05, 4.69) is 10.2 Å². The lowest BCUT2D eigenvalue weighted by Gasteiger charge is -2.42. The number of esters is 1. The smallest absolute Gasteiger partial charge is 0.328 e. The first-order chi connectivity index (χ1) is 17.4. The van der Waals surface area contributed by atoms with E-state index in [0.717, 1.165) is 64.2 Å². The average Bonchev–Trinajstić information content (AvgIpc) is 2.89. The molecule has 1 aromatic rings. The summed E-state index contributed by atoms with van der Waals surface area (Å²) in [5.41, 5.74) is 0.781. The predicted octanol–water partition coefficient (Wildman–Crippen LogP) is 6.28. The number of nitrogens with zero attached hydrogens (tertiary/aromatic N) is 1. The zero-order valence-electron chi connectivity index (χ0n) is 22.6. The maximum Gasteiger partial charge on any atom is 0.328 e. The van der Waals surface area contributed by atoms with Crippen LogP contribution in [0.2, 0.25) is 0 Å². The van der Waals surface area contributed by atoms with E-state index in [0.29, 0.717) is 24.2 Å². The summed E-state index contributed by atoms with van der Waals surface area (Å²) >= 11 is 0. The van der Waals surface area contributed by atoms with Gasteiger partial charge in [-0.15, -0.1) is 0 Å². The number of hydrogen-bond donors (Lipinski definition) is 1. The molecule has 0 heterocycles. The molecule has 2 saturated carbocycles. The maximum atomic E-state index is 14.1. The second-order valence-electron chi connectivity index (χ2n) is 11.0. The van der Waals surface area contributed by atoms with Crippen LogP contribution in [0.3, 0.4) is 0 Å². The van der Waals surface area contributed by atoms with Crippen molar-refractivity contribution in [3.8, 4) is 0 Å². The fourth-order valence-electron chi connectivity index (χ4n) is 5.69. The van der Waals surface area contributed by atoms with E-state index in [4.69, 9.17) is 4.74 Å². The molecule has 2 aliphatic carbocycles. The Morgan fingerprint density at radius 3 is 2.00 bits per heavy atom. The van der Waals surface area contributed by atoms with Gasteiger partial charge in [0.1, 0.15) is 6.04 Å². The number of carbonyl (C=O) groups excluding carboxylic acids is 3. The van der Waals surface area contributed by atoms with Crippen LogP contribution in [-0.2, 0) is 9.53 Å². The van der Waals surface area contributed by atoms with Gasteiger partial charge in [0.2, 0.25) is 0 Å². The fraction of sp³-hybridized carbons (Fsp3) is 0.700. The standard InChI is InChI=1S/C30H46N2O4/c1-4-5-20-36-30(35)27(21-22(2)3)31-28(33)25-18-12-13-19-26(25)29(34)32(23-14-8-6-9-15-23)24-16-10-7-11-17-24/h12-13,18-19,22-24,27H,4-11,14-17,20-21H2,1-3H3,(H,31,33). The molecule has 6 heteroatoms. The fourth-order valence-corrected chi connectivity index (χ4v) is 5.69. The number of benzene rings is 1. The van der Waals surface area contributed by atoms with Gasteiger partial charge in [0, 0.05) is 12.1 Å². The van der Waals surface area contributed by atoms with Crippen molar-refractivity contribution in [3.63, 3.8) is 0 Å². The van der Waals surface area contributed by atoms with Crippen LogP contribution in [0.15, 0.2) is 24.3 Å². The van der Waals surface area contributed by atoms with Crippen LogP contribution in [0.25, 0.3) is 0 Å². The average molecular weight is 499 g/mol. The first-order valence-electron chi connectivity index (χ1n) is 14.3. The Morgan fingerprint density at radius 1 is 0.917 bits per heavy atom. The Morgan fingerprint density at radius 2 is 1.47 bits per heavy atom. The molecular weight excluding hydrogens is 452 g/mol. The molecule has 0 spiro atoms. The van der Waals surface area contributed by atoms with Crippen molar-refractivity contribution in [2.45, 2.75) is 122 Å². The van der Waals surface area contributed by atoms with Crippen molar-refractivity contribution in [3.05, 3.63) is 35.4 Å². The van der Waals surface area contributed by atoms with Crippen LogP contribution in [0.1, 0.15) is 125 Å². The number of amides is 2. The molecule has 36 heavy (non-hydrogen) atoms. The van der Waals surface area contributed by atoms with Crippen LogP contribution in [-0.4, -0.2) is 47.4 Å². The maximum absolute atomic E-state index is 14.1. The molecule has 6 nitrogen and oxygen atoms in total. The predicted molar refractivity (Wildman–Crippen MR) is 143 cm³/mol. The minimum atomic E-state index is -0.731. The van der Waals surface area contributed by atoms with Gasteiger partial charge < -0.3 is 15.0 Å². The summed E-state index contributed by atoms with van der Waals surface area (Å²) in [6.07, 6.45) is 13.4. The molecule has 0 aromatic heterocycles. The van der Waals surface area contributed by atoms with Gasteiger partial charge >= 0.3 is 5.97 Å². The Hall–Kier alpha value is -2.37. The summed E-state index contributed by atoms with van der Waals surface area (Å²) in [5.74, 6) is -0.617. The van der Waals surface area contributed by atoms with E-state index in [9.17, 15) is 14.4 Å². The van der Waals surface area contributed by atoms with Gasteiger partial charge in [0.15, 0.2) is 0 Å². The van der Waals surface area contributed by atoms with E-state index >= 15 is 0 Å². The number of hydrogen-bond acceptors (Lipinski definition) is 4. The number of ether oxygens (including phenoxy) is 1. The molecule has 0 saturated heterocycles. The van der Waals surface area contributed by atoms with Crippen molar-refractivity contribution in [1.82, 2.24) is 10.2 Å². The molecule has 2 aliphatic rings. The van der Waals surface area contributed by atoms with Gasteiger partial charge in [0.25, 0.3) is 11.8 Å². The molecule has 1 N–H and O–H groups in total. The van der Waals surface area contributed by atoms with Crippen molar-refractivity contribution in [1.29, 1.82) is 0 Å². The molecule has 2 amide bonds. The van der Waals surface area contributed by atoms with E-state index < -0.39 is 12.0 Å². The van der Waals surface area contributed by atoms with Crippen molar-refractivity contribution in [2.24, 2.45) is 5.92 Å². The van der Waals surface area contributed by atoms with Gasteiger partial charge in [-0.3, -0.25) is 9.59 Å².